The lowest BCUT2D eigenvalue weighted by molar-refractivity contribution is 1.37. The Kier molecular flexibility index (Phi) is 4.67. The first-order valence-electron chi connectivity index (χ1n) is 17.9. The molecule has 0 spiro atoms. The first kappa shape index (κ1) is 26.2. The Hall–Kier alpha value is -6.70. The molecule has 0 unspecified atom stereocenters. The highest BCUT2D eigenvalue weighted by molar-refractivity contribution is 6.30. The van der Waals surface area contributed by atoms with Crippen LogP contribution < -0.4 is 0 Å². The van der Waals surface area contributed by atoms with E-state index in [4.69, 9.17) is 0 Å². The number of nitrogens with zero attached hydrogens (tertiary/aromatic N) is 1. The van der Waals surface area contributed by atoms with Gasteiger partial charge < -0.3 is 4.40 Å². The highest BCUT2D eigenvalue weighted by atomic mass is 14.9. The van der Waals surface area contributed by atoms with Crippen molar-refractivity contribution in [1.82, 2.24) is 4.40 Å². The van der Waals surface area contributed by atoms with Gasteiger partial charge in [0.05, 0.1) is 16.6 Å². The van der Waals surface area contributed by atoms with Gasteiger partial charge in [0.2, 0.25) is 0 Å². The fraction of sp³-hybridized carbons (Fsp3) is 0. The normalized spacial score (nSPS) is 12.7. The van der Waals surface area contributed by atoms with E-state index in [-0.39, 0.29) is 0 Å². The Balaban J connectivity index is 1.10. The van der Waals surface area contributed by atoms with Crippen LogP contribution in [0.25, 0.3) is 126 Å². The Morgan fingerprint density at radius 1 is 0.216 bits per heavy atom. The van der Waals surface area contributed by atoms with E-state index in [1.54, 1.807) is 0 Å². The quantitative estimate of drug-likeness (QED) is 0.177. The molecule has 0 amide bonds. The van der Waals surface area contributed by atoms with Crippen molar-refractivity contribution in [2.24, 2.45) is 0 Å². The Labute approximate surface area is 293 Å². The Morgan fingerprint density at radius 2 is 0.529 bits per heavy atom. The summed E-state index contributed by atoms with van der Waals surface area (Å²) in [4.78, 5) is 0. The van der Waals surface area contributed by atoms with Crippen LogP contribution in [0.15, 0.2) is 164 Å². The summed E-state index contributed by atoms with van der Waals surface area (Å²) in [5.74, 6) is 0. The fourth-order valence-corrected chi connectivity index (χ4v) is 10.1. The molecule has 0 atom stereocenters. The van der Waals surface area contributed by atoms with Gasteiger partial charge in [-0.1, -0.05) is 152 Å². The molecule has 2 aliphatic carbocycles. The smallest absolute Gasteiger partial charge is 0.0620 e. The van der Waals surface area contributed by atoms with Gasteiger partial charge in [-0.15, -0.1) is 0 Å². The van der Waals surface area contributed by atoms with E-state index < -0.39 is 0 Å². The zero-order valence-electron chi connectivity index (χ0n) is 27.5. The van der Waals surface area contributed by atoms with Crippen LogP contribution in [-0.2, 0) is 0 Å². The van der Waals surface area contributed by atoms with Gasteiger partial charge in [-0.25, -0.2) is 0 Å². The van der Waals surface area contributed by atoms with E-state index in [1.165, 1.54) is 126 Å². The molecule has 0 saturated carbocycles. The van der Waals surface area contributed by atoms with Gasteiger partial charge in [0.15, 0.2) is 0 Å². The van der Waals surface area contributed by atoms with Crippen LogP contribution in [0, 0.1) is 0 Å². The third-order valence-electron chi connectivity index (χ3n) is 12.0. The molecule has 2 aromatic heterocycles. The van der Waals surface area contributed by atoms with Gasteiger partial charge in [-0.2, -0.15) is 0 Å². The maximum atomic E-state index is 2.54. The lowest BCUT2D eigenvalue weighted by Crippen LogP contribution is -1.87. The molecule has 1 nitrogen and oxygen atoms in total. The molecule has 2 heterocycles. The number of aromatic nitrogens is 1. The number of fused-ring (bicyclic) bond motifs is 12. The van der Waals surface area contributed by atoms with Crippen molar-refractivity contribution in [1.29, 1.82) is 0 Å². The lowest BCUT2D eigenvalue weighted by Gasteiger charge is -2.13. The second kappa shape index (κ2) is 9.09. The summed E-state index contributed by atoms with van der Waals surface area (Å²) in [6.07, 6.45) is 0. The predicted molar refractivity (Wildman–Crippen MR) is 216 cm³/mol. The van der Waals surface area contributed by atoms with Crippen molar-refractivity contribution >= 4 is 59.6 Å². The molecule has 13 rings (SSSR count). The molecule has 0 radical (unpaired) electrons. The van der Waals surface area contributed by atoms with Crippen molar-refractivity contribution in [2.45, 2.75) is 0 Å². The molecular formula is C50H27N. The highest BCUT2D eigenvalue weighted by Crippen LogP contribution is 2.53. The van der Waals surface area contributed by atoms with Gasteiger partial charge in [0.1, 0.15) is 0 Å². The number of hydrogen-bond donors (Lipinski definition) is 0. The van der Waals surface area contributed by atoms with Crippen LogP contribution in [0.2, 0.25) is 0 Å². The van der Waals surface area contributed by atoms with Crippen LogP contribution in [0.4, 0.5) is 0 Å². The largest absolute Gasteiger partial charge is 0.308 e. The standard InChI is InChI=1S/C50H27N/c1-3-12-30-28(10-1)34-14-5-16-36-32(24-26-40(30)46(34)36)38-18-8-22-44-48(38)42-20-7-21-43-49-39(19-9-23-45(49)51(44)50(42)43)33-25-27-41-31-13-4-2-11-29(31)35-15-6-17-37(33)47(35)41/h1-27H. The Morgan fingerprint density at radius 3 is 0.980 bits per heavy atom. The summed E-state index contributed by atoms with van der Waals surface area (Å²) in [5.41, 5.74) is 19.7. The lowest BCUT2D eigenvalue weighted by atomic mass is 9.91. The monoisotopic (exact) mass is 641 g/mol. The number of para-hydroxylation sites is 1. The number of benzene rings is 9. The third kappa shape index (κ3) is 3.06. The van der Waals surface area contributed by atoms with Gasteiger partial charge in [-0.3, -0.25) is 0 Å². The van der Waals surface area contributed by atoms with Crippen LogP contribution in [0.3, 0.4) is 0 Å². The average molecular weight is 642 g/mol. The predicted octanol–water partition coefficient (Wildman–Crippen LogP) is 13.8. The van der Waals surface area contributed by atoms with Gasteiger partial charge in [0, 0.05) is 21.5 Å². The van der Waals surface area contributed by atoms with Gasteiger partial charge in [0.25, 0.3) is 0 Å². The van der Waals surface area contributed by atoms with Gasteiger partial charge in [-0.05, 0) is 100 Å². The molecule has 1 heteroatoms. The third-order valence-corrected chi connectivity index (χ3v) is 12.0. The molecule has 0 aliphatic heterocycles. The molecule has 2 aliphatic rings. The average Bonchev–Trinajstić information content (AvgIpc) is 3.92. The second-order valence-corrected chi connectivity index (χ2v) is 14.3. The van der Waals surface area contributed by atoms with E-state index in [1.807, 2.05) is 0 Å². The maximum Gasteiger partial charge on any atom is 0.0620 e. The SMILES string of the molecule is c1ccc2c(c1)-c1cccc3c(-c4cccc5c4c4cccc6c7c(-c8ccc9c%10c(cccc8%10)-c8ccccc8-9)cccc7n5c46)ccc-2c13. The topological polar surface area (TPSA) is 4.41 Å². The first-order valence-corrected chi connectivity index (χ1v) is 17.9. The zero-order valence-corrected chi connectivity index (χ0v) is 27.5. The van der Waals surface area contributed by atoms with E-state index in [9.17, 15) is 0 Å². The van der Waals surface area contributed by atoms with E-state index in [0.717, 1.165) is 0 Å². The number of hydrogen-bond acceptors (Lipinski definition) is 0. The minimum absolute atomic E-state index is 1.26. The summed E-state index contributed by atoms with van der Waals surface area (Å²) >= 11 is 0. The van der Waals surface area contributed by atoms with Crippen molar-refractivity contribution in [3.05, 3.63) is 164 Å². The fourth-order valence-electron chi connectivity index (χ4n) is 10.1. The second-order valence-electron chi connectivity index (χ2n) is 14.3. The summed E-state index contributed by atoms with van der Waals surface area (Å²) in [7, 11) is 0. The number of rotatable bonds is 2. The summed E-state index contributed by atoms with van der Waals surface area (Å²) in [6.45, 7) is 0. The molecule has 11 aromatic rings. The van der Waals surface area contributed by atoms with Crippen molar-refractivity contribution in [3.63, 3.8) is 0 Å². The minimum atomic E-state index is 1.26. The molecule has 232 valence electrons. The van der Waals surface area contributed by atoms with Crippen molar-refractivity contribution in [2.75, 3.05) is 0 Å². The van der Waals surface area contributed by atoms with Crippen LogP contribution >= 0.6 is 0 Å². The van der Waals surface area contributed by atoms with Crippen LogP contribution in [0.1, 0.15) is 0 Å². The van der Waals surface area contributed by atoms with E-state index in [0.29, 0.717) is 0 Å². The molecule has 0 saturated heterocycles. The molecule has 9 aromatic carbocycles. The minimum Gasteiger partial charge on any atom is -0.308 e. The van der Waals surface area contributed by atoms with Crippen molar-refractivity contribution in [3.8, 4) is 66.8 Å². The maximum absolute atomic E-state index is 2.54. The zero-order chi connectivity index (χ0) is 32.9. The first-order chi connectivity index (χ1) is 25.3. The molecule has 0 N–H and O–H groups in total. The summed E-state index contributed by atoms with van der Waals surface area (Å²) < 4.78 is 2.54. The summed E-state index contributed by atoms with van der Waals surface area (Å²) in [6, 6.07) is 61.5. The van der Waals surface area contributed by atoms with Crippen LogP contribution in [0.5, 0.6) is 0 Å². The molecular weight excluding hydrogens is 615 g/mol. The molecule has 0 bridgehead atoms. The van der Waals surface area contributed by atoms with Crippen LogP contribution in [-0.4, -0.2) is 4.40 Å². The van der Waals surface area contributed by atoms with Gasteiger partial charge >= 0.3 is 0 Å². The highest BCUT2D eigenvalue weighted by Gasteiger charge is 2.27. The van der Waals surface area contributed by atoms with Crippen molar-refractivity contribution < 1.29 is 0 Å². The summed E-state index contributed by atoms with van der Waals surface area (Å²) in [5, 5.41) is 10.6. The molecule has 51 heavy (non-hydrogen) atoms. The van der Waals surface area contributed by atoms with E-state index >= 15 is 0 Å². The van der Waals surface area contributed by atoms with E-state index in [2.05, 4.69) is 168 Å². The molecule has 0 fully saturated rings. The Bertz CT molecular complexity index is 3080.